The first kappa shape index (κ1) is 13.3. The van der Waals surface area contributed by atoms with Crippen LogP contribution in [0, 0.1) is 11.8 Å². The number of carbonyl (C=O) groups is 2. The molecular weight excluding hydrogens is 240 g/mol. The molecule has 2 aliphatic heterocycles. The quantitative estimate of drug-likeness (QED) is 0.727. The van der Waals surface area contributed by atoms with Crippen molar-refractivity contribution < 1.29 is 28.9 Å². The Morgan fingerprint density at radius 2 is 2.22 bits per heavy atom. The average Bonchev–Trinajstić information content (AvgIpc) is 2.31. The maximum atomic E-state index is 11.8. The van der Waals surface area contributed by atoms with E-state index in [9.17, 15) is 14.7 Å². The normalized spacial score (nSPS) is 38.4. The molecule has 102 valence electrons. The molecular formula is C12H18O6. The highest BCUT2D eigenvalue weighted by atomic mass is 16.7. The van der Waals surface area contributed by atoms with Crippen LogP contribution in [0.3, 0.4) is 0 Å². The minimum absolute atomic E-state index is 0.164. The highest BCUT2D eigenvalue weighted by Gasteiger charge is 2.61. The van der Waals surface area contributed by atoms with E-state index in [4.69, 9.17) is 14.2 Å². The Morgan fingerprint density at radius 3 is 2.83 bits per heavy atom. The maximum Gasteiger partial charge on any atom is 0.312 e. The Labute approximate surface area is 105 Å². The summed E-state index contributed by atoms with van der Waals surface area (Å²) in [5, 5.41) is 9.97. The van der Waals surface area contributed by atoms with E-state index in [1.165, 1.54) is 0 Å². The predicted molar refractivity (Wildman–Crippen MR) is 59.3 cm³/mol. The van der Waals surface area contributed by atoms with Gasteiger partial charge in [-0.2, -0.15) is 0 Å². The lowest BCUT2D eigenvalue weighted by atomic mass is 9.72. The smallest absolute Gasteiger partial charge is 0.312 e. The van der Waals surface area contributed by atoms with Crippen LogP contribution in [0.2, 0.25) is 0 Å². The fourth-order valence-corrected chi connectivity index (χ4v) is 2.71. The lowest BCUT2D eigenvalue weighted by Crippen LogP contribution is -2.63. The van der Waals surface area contributed by atoms with E-state index in [0.29, 0.717) is 6.61 Å². The zero-order chi connectivity index (χ0) is 13.3. The number of fused-ring (bicyclic) bond motifs is 3. The van der Waals surface area contributed by atoms with E-state index in [1.54, 1.807) is 13.8 Å². The molecule has 4 atom stereocenters. The summed E-state index contributed by atoms with van der Waals surface area (Å²) in [7, 11) is 0. The first-order valence-electron chi connectivity index (χ1n) is 6.25. The van der Waals surface area contributed by atoms with Gasteiger partial charge in [-0.15, -0.1) is 0 Å². The van der Waals surface area contributed by atoms with Crippen LogP contribution in [0.15, 0.2) is 0 Å². The number of esters is 2. The molecule has 3 rings (SSSR count). The van der Waals surface area contributed by atoms with Gasteiger partial charge < -0.3 is 19.3 Å². The third-order valence-corrected chi connectivity index (χ3v) is 3.53. The summed E-state index contributed by atoms with van der Waals surface area (Å²) < 4.78 is 15.5. The Hall–Kier alpha value is -1.14. The molecule has 0 unspecified atom stereocenters. The number of rotatable bonds is 4. The van der Waals surface area contributed by atoms with Gasteiger partial charge in [0, 0.05) is 13.0 Å². The molecule has 0 radical (unpaired) electrons. The van der Waals surface area contributed by atoms with Crippen LogP contribution in [0.1, 0.15) is 26.7 Å². The maximum absolute atomic E-state index is 11.8. The van der Waals surface area contributed by atoms with Crippen LogP contribution in [-0.2, 0) is 23.8 Å². The molecule has 1 aliphatic carbocycles. The molecule has 18 heavy (non-hydrogen) atoms. The van der Waals surface area contributed by atoms with Crippen LogP contribution >= 0.6 is 0 Å². The molecule has 0 aromatic rings. The lowest BCUT2D eigenvalue weighted by Gasteiger charge is -2.50. The van der Waals surface area contributed by atoms with Gasteiger partial charge in [-0.05, 0) is 20.3 Å². The van der Waals surface area contributed by atoms with Gasteiger partial charge in [-0.3, -0.25) is 9.59 Å². The molecule has 3 fully saturated rings. The summed E-state index contributed by atoms with van der Waals surface area (Å²) in [6.07, 6.45) is -0.537. The van der Waals surface area contributed by atoms with Crippen molar-refractivity contribution in [2.75, 3.05) is 13.2 Å². The molecule has 6 heteroatoms. The zero-order valence-electron chi connectivity index (χ0n) is 10.5. The highest BCUT2D eigenvalue weighted by Crippen LogP contribution is 2.46. The van der Waals surface area contributed by atoms with Gasteiger partial charge in [0.25, 0.3) is 0 Å². The molecule has 0 aromatic heterocycles. The molecule has 1 saturated carbocycles. The molecule has 2 heterocycles. The lowest BCUT2D eigenvalue weighted by molar-refractivity contribution is -0.318. The Bertz CT molecular complexity index is 352. The van der Waals surface area contributed by atoms with Crippen LogP contribution < -0.4 is 0 Å². The van der Waals surface area contributed by atoms with Crippen molar-refractivity contribution in [3.63, 3.8) is 0 Å². The number of hydrogen-bond donors (Lipinski definition) is 1. The number of ether oxygens (including phenoxy) is 3. The minimum Gasteiger partial charge on any atom is -0.466 e. The van der Waals surface area contributed by atoms with Crippen LogP contribution in [0.4, 0.5) is 0 Å². The predicted octanol–water partition coefficient (Wildman–Crippen LogP) is 0.226. The zero-order valence-corrected chi connectivity index (χ0v) is 10.5. The van der Waals surface area contributed by atoms with Gasteiger partial charge in [0.15, 0.2) is 0 Å². The second-order valence-electron chi connectivity index (χ2n) is 4.59. The molecule has 3 aliphatic rings. The topological polar surface area (TPSA) is 82.1 Å². The number of aliphatic hydroxyl groups is 1. The molecule has 2 bridgehead atoms. The van der Waals surface area contributed by atoms with Crippen molar-refractivity contribution in [1.29, 1.82) is 0 Å². The summed E-state index contributed by atoms with van der Waals surface area (Å²) in [5.74, 6) is -3.49. The van der Waals surface area contributed by atoms with Gasteiger partial charge in [-0.1, -0.05) is 0 Å². The van der Waals surface area contributed by atoms with E-state index in [0.717, 1.165) is 0 Å². The van der Waals surface area contributed by atoms with Gasteiger partial charge in [0.1, 0.15) is 6.10 Å². The fourth-order valence-electron chi connectivity index (χ4n) is 2.71. The summed E-state index contributed by atoms with van der Waals surface area (Å²) >= 11 is 0. The minimum atomic E-state index is -1.38. The largest absolute Gasteiger partial charge is 0.466 e. The molecule has 0 spiro atoms. The summed E-state index contributed by atoms with van der Waals surface area (Å²) in [5.41, 5.74) is 0. The number of carbonyl (C=O) groups excluding carboxylic acids is 2. The Kier molecular flexibility index (Phi) is 3.59. The molecule has 1 N–H and O–H groups in total. The third-order valence-electron chi connectivity index (χ3n) is 3.53. The summed E-state index contributed by atoms with van der Waals surface area (Å²) in [6, 6.07) is 0. The van der Waals surface area contributed by atoms with Gasteiger partial charge in [0.05, 0.1) is 18.4 Å². The standard InChI is InChI=1S/C12H18O6/c1-3-16-10(14)8-6-12(17-4-2)9(13)5-7(8)11(15)18-12/h7-9,13H,3-6H2,1-2H3/t7-,8-,9-,12+/m0/s1. The second kappa shape index (κ2) is 4.85. The number of aliphatic hydroxyl groups excluding tert-OH is 1. The SMILES string of the molecule is CCOC(=O)[C@H]1C[C@@]2(OCC)OC(=O)[C@H]1C[C@@H]2O. The van der Waals surface area contributed by atoms with Crippen LogP contribution in [0.25, 0.3) is 0 Å². The molecule has 2 saturated heterocycles. The summed E-state index contributed by atoms with van der Waals surface area (Å²) in [6.45, 7) is 4.02. The fraction of sp³-hybridized carbons (Fsp3) is 0.833. The van der Waals surface area contributed by atoms with Crippen LogP contribution in [-0.4, -0.2) is 42.1 Å². The highest BCUT2D eigenvalue weighted by molar-refractivity contribution is 5.84. The Morgan fingerprint density at radius 1 is 1.50 bits per heavy atom. The van der Waals surface area contributed by atoms with Crippen LogP contribution in [0.5, 0.6) is 0 Å². The first-order valence-corrected chi connectivity index (χ1v) is 6.25. The third kappa shape index (κ3) is 1.99. The van der Waals surface area contributed by atoms with Crippen molar-refractivity contribution in [3.8, 4) is 0 Å². The van der Waals surface area contributed by atoms with E-state index >= 15 is 0 Å². The van der Waals surface area contributed by atoms with Crippen molar-refractivity contribution in [1.82, 2.24) is 0 Å². The van der Waals surface area contributed by atoms with E-state index in [-0.39, 0.29) is 19.4 Å². The number of hydrogen-bond acceptors (Lipinski definition) is 6. The van der Waals surface area contributed by atoms with Crippen molar-refractivity contribution >= 4 is 11.9 Å². The van der Waals surface area contributed by atoms with E-state index < -0.39 is 35.7 Å². The monoisotopic (exact) mass is 258 g/mol. The summed E-state index contributed by atoms with van der Waals surface area (Å²) in [4.78, 5) is 23.6. The van der Waals surface area contributed by atoms with Crippen molar-refractivity contribution in [2.24, 2.45) is 11.8 Å². The van der Waals surface area contributed by atoms with Gasteiger partial charge >= 0.3 is 11.9 Å². The van der Waals surface area contributed by atoms with Gasteiger partial charge in [-0.25, -0.2) is 0 Å². The molecule has 0 aromatic carbocycles. The van der Waals surface area contributed by atoms with Crippen molar-refractivity contribution in [2.45, 2.75) is 38.6 Å². The van der Waals surface area contributed by atoms with Crippen molar-refractivity contribution in [3.05, 3.63) is 0 Å². The molecule has 0 amide bonds. The second-order valence-corrected chi connectivity index (χ2v) is 4.59. The first-order chi connectivity index (χ1) is 8.54. The Balaban J connectivity index is 2.22. The van der Waals surface area contributed by atoms with Gasteiger partial charge in [0.2, 0.25) is 5.79 Å². The molecule has 6 nitrogen and oxygen atoms in total. The van der Waals surface area contributed by atoms with E-state index in [2.05, 4.69) is 0 Å². The van der Waals surface area contributed by atoms with E-state index in [1.807, 2.05) is 0 Å². The average molecular weight is 258 g/mol.